The third-order valence-corrected chi connectivity index (χ3v) is 2.92. The predicted octanol–water partition coefficient (Wildman–Crippen LogP) is 2.54. The molecule has 0 aliphatic rings. The second-order valence-corrected chi connectivity index (χ2v) is 4.44. The highest BCUT2D eigenvalue weighted by Gasteiger charge is 2.06. The number of rotatable bonds is 3. The van der Waals surface area contributed by atoms with Crippen molar-refractivity contribution in [1.29, 1.82) is 0 Å². The number of nitrogens with zero attached hydrogens (tertiary/aromatic N) is 2. The summed E-state index contributed by atoms with van der Waals surface area (Å²) in [6, 6.07) is 5.33. The molecule has 0 unspecified atom stereocenters. The van der Waals surface area contributed by atoms with Gasteiger partial charge >= 0.3 is 6.01 Å². The number of nitrogens with one attached hydrogen (secondary N) is 1. The van der Waals surface area contributed by atoms with E-state index in [0.29, 0.717) is 10.0 Å². The van der Waals surface area contributed by atoms with Crippen molar-refractivity contribution in [3.05, 3.63) is 38.6 Å². The van der Waals surface area contributed by atoms with E-state index in [-0.39, 0.29) is 17.4 Å². The van der Waals surface area contributed by atoms with Crippen molar-refractivity contribution in [3.63, 3.8) is 0 Å². The summed E-state index contributed by atoms with van der Waals surface area (Å²) in [5, 5.41) is 7.41. The van der Waals surface area contributed by atoms with Crippen LogP contribution in [0.3, 0.4) is 0 Å². The van der Waals surface area contributed by atoms with Crippen LogP contribution in [-0.2, 0) is 6.61 Å². The Bertz CT molecular complexity index is 595. The highest BCUT2D eigenvalue weighted by molar-refractivity contribution is 7.71. The van der Waals surface area contributed by atoms with Crippen LogP contribution in [0, 0.1) is 4.77 Å². The lowest BCUT2D eigenvalue weighted by molar-refractivity contribution is 0.273. The highest BCUT2D eigenvalue weighted by atomic mass is 35.5. The number of halogens is 2. The van der Waals surface area contributed by atoms with Gasteiger partial charge in [-0.3, -0.25) is 0 Å². The van der Waals surface area contributed by atoms with Crippen LogP contribution in [0.15, 0.2) is 18.2 Å². The summed E-state index contributed by atoms with van der Waals surface area (Å²) in [6.45, 7) is 0.229. The minimum Gasteiger partial charge on any atom is -0.457 e. The first-order valence-corrected chi connectivity index (χ1v) is 5.73. The Kier molecular flexibility index (Phi) is 3.56. The van der Waals surface area contributed by atoms with Gasteiger partial charge in [-0.25, -0.2) is 5.10 Å². The molecular weight excluding hydrogens is 283 g/mol. The second-order valence-electron chi connectivity index (χ2n) is 3.21. The number of aromatic nitrogens is 3. The standard InChI is InChI=1S/C9H8Cl2N4OS/c10-6-2-1-5(7(11)3-6)4-16-8-13-14-9(17)15(8)12/h1-3H,4,12H2,(H,14,17). The van der Waals surface area contributed by atoms with Gasteiger partial charge in [-0.15, -0.1) is 5.10 Å². The van der Waals surface area contributed by atoms with E-state index in [0.717, 1.165) is 10.2 Å². The summed E-state index contributed by atoms with van der Waals surface area (Å²) in [7, 11) is 0. The maximum atomic E-state index is 5.99. The van der Waals surface area contributed by atoms with Crippen molar-refractivity contribution in [1.82, 2.24) is 14.9 Å². The summed E-state index contributed by atoms with van der Waals surface area (Å²) in [5.41, 5.74) is 0.782. The molecule has 5 nitrogen and oxygen atoms in total. The number of H-pyrrole nitrogens is 1. The number of aromatic amines is 1. The molecule has 0 aliphatic heterocycles. The molecule has 0 saturated heterocycles. The highest BCUT2D eigenvalue weighted by Crippen LogP contribution is 2.21. The van der Waals surface area contributed by atoms with Crippen molar-refractivity contribution in [2.45, 2.75) is 6.61 Å². The van der Waals surface area contributed by atoms with Crippen LogP contribution in [0.25, 0.3) is 0 Å². The zero-order valence-corrected chi connectivity index (χ0v) is 10.8. The Hall–Kier alpha value is -1.24. The van der Waals surface area contributed by atoms with Crippen LogP contribution in [0.5, 0.6) is 6.01 Å². The molecule has 8 heteroatoms. The fourth-order valence-corrected chi connectivity index (χ4v) is 1.76. The van der Waals surface area contributed by atoms with Crippen LogP contribution >= 0.6 is 35.4 Å². The maximum absolute atomic E-state index is 5.99. The monoisotopic (exact) mass is 290 g/mol. The summed E-state index contributed by atoms with van der Waals surface area (Å²) in [5.74, 6) is 5.57. The van der Waals surface area contributed by atoms with Gasteiger partial charge in [-0.2, -0.15) is 4.68 Å². The topological polar surface area (TPSA) is 68.9 Å². The van der Waals surface area contributed by atoms with E-state index in [9.17, 15) is 0 Å². The van der Waals surface area contributed by atoms with Crippen molar-refractivity contribution in [2.75, 3.05) is 5.84 Å². The lowest BCUT2D eigenvalue weighted by Gasteiger charge is -2.06. The van der Waals surface area contributed by atoms with Crippen LogP contribution < -0.4 is 10.6 Å². The Labute approximate surface area is 112 Å². The van der Waals surface area contributed by atoms with Gasteiger partial charge in [-0.05, 0) is 24.4 Å². The average Bonchev–Trinajstić information content (AvgIpc) is 2.59. The molecule has 0 aliphatic carbocycles. The lowest BCUT2D eigenvalue weighted by atomic mass is 10.2. The largest absolute Gasteiger partial charge is 0.457 e. The Morgan fingerprint density at radius 1 is 1.47 bits per heavy atom. The van der Waals surface area contributed by atoms with Crippen LogP contribution in [-0.4, -0.2) is 14.9 Å². The molecule has 2 aromatic rings. The summed E-state index contributed by atoms with van der Waals surface area (Å²) < 4.78 is 6.78. The first-order chi connectivity index (χ1) is 8.08. The van der Waals surface area contributed by atoms with E-state index >= 15 is 0 Å². The average molecular weight is 291 g/mol. The molecule has 1 aromatic carbocycles. The van der Waals surface area contributed by atoms with Gasteiger partial charge in [0.05, 0.1) is 0 Å². The van der Waals surface area contributed by atoms with E-state index in [1.54, 1.807) is 18.2 Å². The lowest BCUT2D eigenvalue weighted by Crippen LogP contribution is -2.11. The molecule has 0 atom stereocenters. The van der Waals surface area contributed by atoms with Gasteiger partial charge in [0, 0.05) is 15.6 Å². The predicted molar refractivity (Wildman–Crippen MR) is 68.4 cm³/mol. The molecular formula is C9H8Cl2N4OS. The quantitative estimate of drug-likeness (QED) is 0.673. The van der Waals surface area contributed by atoms with Gasteiger partial charge in [0.25, 0.3) is 0 Å². The number of benzene rings is 1. The number of hydrogen-bond acceptors (Lipinski definition) is 4. The number of nitrogens with two attached hydrogens (primary N) is 1. The van der Waals surface area contributed by atoms with Crippen LogP contribution in [0.1, 0.15) is 5.56 Å². The fraction of sp³-hybridized carbons (Fsp3) is 0.111. The second kappa shape index (κ2) is 4.95. The molecule has 0 radical (unpaired) electrons. The first-order valence-electron chi connectivity index (χ1n) is 4.57. The summed E-state index contributed by atoms with van der Waals surface area (Å²) in [6.07, 6.45) is 0. The first kappa shape index (κ1) is 12.2. The zero-order valence-electron chi connectivity index (χ0n) is 8.48. The van der Waals surface area contributed by atoms with Crippen LogP contribution in [0.2, 0.25) is 10.0 Å². The molecule has 0 fully saturated rings. The van der Waals surface area contributed by atoms with E-state index in [2.05, 4.69) is 10.2 Å². The van der Waals surface area contributed by atoms with Gasteiger partial charge in [0.1, 0.15) is 6.61 Å². The summed E-state index contributed by atoms with van der Waals surface area (Å²) >= 11 is 16.6. The van der Waals surface area contributed by atoms with E-state index in [4.69, 9.17) is 46.0 Å². The Morgan fingerprint density at radius 2 is 2.24 bits per heavy atom. The van der Waals surface area contributed by atoms with E-state index in [1.807, 2.05) is 0 Å². The molecule has 90 valence electrons. The molecule has 3 N–H and O–H groups in total. The van der Waals surface area contributed by atoms with Crippen molar-refractivity contribution in [2.24, 2.45) is 0 Å². The SMILES string of the molecule is Nn1c(OCc2ccc(Cl)cc2Cl)n[nH]c1=S. The smallest absolute Gasteiger partial charge is 0.335 e. The molecule has 0 bridgehead atoms. The van der Waals surface area contributed by atoms with E-state index in [1.165, 1.54) is 0 Å². The number of ether oxygens (including phenoxy) is 1. The van der Waals surface area contributed by atoms with Gasteiger partial charge in [0.15, 0.2) is 0 Å². The van der Waals surface area contributed by atoms with E-state index < -0.39 is 0 Å². The minimum absolute atomic E-state index is 0.195. The normalized spacial score (nSPS) is 10.5. The van der Waals surface area contributed by atoms with Crippen LogP contribution in [0.4, 0.5) is 0 Å². The van der Waals surface area contributed by atoms with Gasteiger partial charge in [0.2, 0.25) is 4.77 Å². The minimum atomic E-state index is 0.195. The fourth-order valence-electron chi connectivity index (χ4n) is 1.17. The maximum Gasteiger partial charge on any atom is 0.335 e. The molecule has 0 spiro atoms. The van der Waals surface area contributed by atoms with Crippen molar-refractivity contribution >= 4 is 35.4 Å². The summed E-state index contributed by atoms with van der Waals surface area (Å²) in [4.78, 5) is 0. The number of hydrogen-bond donors (Lipinski definition) is 2. The van der Waals surface area contributed by atoms with Crippen molar-refractivity contribution < 1.29 is 4.74 Å². The molecule has 0 amide bonds. The third kappa shape index (κ3) is 2.71. The Morgan fingerprint density at radius 3 is 2.82 bits per heavy atom. The molecule has 2 rings (SSSR count). The third-order valence-electron chi connectivity index (χ3n) is 2.04. The Balaban J connectivity index is 2.12. The van der Waals surface area contributed by atoms with Crippen molar-refractivity contribution in [3.8, 4) is 6.01 Å². The van der Waals surface area contributed by atoms with Gasteiger partial charge < -0.3 is 10.6 Å². The number of nitrogen functional groups attached to an aromatic ring is 1. The molecule has 0 saturated carbocycles. The molecule has 1 heterocycles. The molecule has 17 heavy (non-hydrogen) atoms. The molecule has 1 aromatic heterocycles. The zero-order chi connectivity index (χ0) is 12.4. The van der Waals surface area contributed by atoms with Gasteiger partial charge in [-0.1, -0.05) is 29.3 Å².